The van der Waals surface area contributed by atoms with Gasteiger partial charge in [0.2, 0.25) is 0 Å². The third-order valence-electron chi connectivity index (χ3n) is 6.10. The molecule has 2 heterocycles. The van der Waals surface area contributed by atoms with Gasteiger partial charge in [-0.1, -0.05) is 36.4 Å². The second-order valence-electron chi connectivity index (χ2n) is 8.66. The molecule has 0 aliphatic carbocycles. The number of urea groups is 1. The zero-order valence-electron chi connectivity index (χ0n) is 19.8. The molecule has 1 fully saturated rings. The molecular weight excluding hydrogens is 464 g/mol. The zero-order chi connectivity index (χ0) is 24.9. The number of aliphatic hydroxyl groups is 1. The van der Waals surface area contributed by atoms with E-state index in [0.29, 0.717) is 24.5 Å². The lowest BCUT2D eigenvalue weighted by Gasteiger charge is -2.44. The Kier molecular flexibility index (Phi) is 7.82. The maximum absolute atomic E-state index is 13.8. The molecule has 0 saturated carbocycles. The van der Waals surface area contributed by atoms with Gasteiger partial charge in [0.25, 0.3) is 0 Å². The first-order valence-corrected chi connectivity index (χ1v) is 12.3. The molecule has 1 saturated heterocycles. The third kappa shape index (κ3) is 5.71. The molecule has 1 unspecified atom stereocenters. The van der Waals surface area contributed by atoms with Crippen LogP contribution >= 0.6 is 11.3 Å². The molecule has 2 amide bonds. The van der Waals surface area contributed by atoms with Crippen LogP contribution in [0.3, 0.4) is 0 Å². The number of para-hydroxylation sites is 2. The van der Waals surface area contributed by atoms with Crippen LogP contribution in [0.2, 0.25) is 0 Å². The summed E-state index contributed by atoms with van der Waals surface area (Å²) in [6, 6.07) is 18.9. The van der Waals surface area contributed by atoms with Crippen LogP contribution in [0.15, 0.2) is 72.1 Å². The lowest BCUT2D eigenvalue weighted by atomic mass is 10.1. The highest BCUT2D eigenvalue weighted by molar-refractivity contribution is 7.10. The highest BCUT2D eigenvalue weighted by Gasteiger charge is 2.40. The number of hydrogen-bond acceptors (Lipinski definition) is 6. The number of rotatable bonds is 7. The van der Waals surface area contributed by atoms with Crippen LogP contribution in [0.25, 0.3) is 0 Å². The summed E-state index contributed by atoms with van der Waals surface area (Å²) in [7, 11) is 1.80. The van der Waals surface area contributed by atoms with Gasteiger partial charge < -0.3 is 15.1 Å². The van der Waals surface area contributed by atoms with E-state index in [1.54, 1.807) is 28.2 Å². The molecule has 0 spiro atoms. The van der Waals surface area contributed by atoms with Gasteiger partial charge in [-0.2, -0.15) is 0 Å². The number of aliphatic carboxylic acids is 1. The van der Waals surface area contributed by atoms with Crippen molar-refractivity contribution in [1.82, 2.24) is 14.7 Å². The summed E-state index contributed by atoms with van der Waals surface area (Å²) in [5, 5.41) is 23.0. The molecule has 2 aromatic carbocycles. The third-order valence-corrected chi connectivity index (χ3v) is 7.01. The molecule has 8 nitrogen and oxygen atoms in total. The van der Waals surface area contributed by atoms with Gasteiger partial charge >= 0.3 is 12.0 Å². The molecule has 184 valence electrons. The van der Waals surface area contributed by atoms with E-state index in [1.165, 1.54) is 14.7 Å². The number of thiophene rings is 1. The largest absolute Gasteiger partial charge is 0.480 e. The van der Waals surface area contributed by atoms with Gasteiger partial charge in [-0.05, 0) is 55.2 Å². The van der Waals surface area contributed by atoms with Crippen LogP contribution in [-0.2, 0) is 11.3 Å². The quantitative estimate of drug-likeness (QED) is 0.486. The number of carbonyl (C=O) groups excluding carboxylic acids is 1. The van der Waals surface area contributed by atoms with Gasteiger partial charge in [0.15, 0.2) is 6.35 Å². The number of nitrogens with zero attached hydrogens (tertiary/aromatic N) is 4. The Morgan fingerprint density at radius 1 is 1.06 bits per heavy atom. The van der Waals surface area contributed by atoms with Crippen LogP contribution in [0, 0.1) is 6.92 Å². The number of hydrogen-bond donors (Lipinski definition) is 2. The standard InChI is InChI=1S/C26H30N4O4S/c1-19-15-20(18-35-19)16-27(2)25(33)28-13-14-29(23(17-28)24(31)32)26(34)30(21-9-5-3-6-10-21)22-11-7-4-8-12-22/h3-12,15,18,23,25,33H,13-14,16-17H2,1-2H3,(H,31,32)/t23-,25?/m0/s1. The van der Waals surface area contributed by atoms with E-state index in [9.17, 15) is 19.8 Å². The summed E-state index contributed by atoms with van der Waals surface area (Å²) in [5.74, 6) is -1.10. The zero-order valence-corrected chi connectivity index (χ0v) is 20.6. The van der Waals surface area contributed by atoms with E-state index in [4.69, 9.17) is 0 Å². The van der Waals surface area contributed by atoms with E-state index in [1.807, 2.05) is 67.6 Å². The first-order chi connectivity index (χ1) is 16.8. The van der Waals surface area contributed by atoms with Gasteiger partial charge in [-0.15, -0.1) is 11.3 Å². The van der Waals surface area contributed by atoms with Crippen molar-refractivity contribution in [3.05, 3.63) is 82.6 Å². The fraction of sp³-hybridized carbons (Fsp3) is 0.308. The minimum Gasteiger partial charge on any atom is -0.480 e. The number of benzene rings is 2. The first kappa shape index (κ1) is 24.9. The normalized spacial score (nSPS) is 17.4. The molecule has 1 aliphatic rings. The van der Waals surface area contributed by atoms with Crippen LogP contribution in [0.1, 0.15) is 10.4 Å². The van der Waals surface area contributed by atoms with Crippen molar-refractivity contribution >= 4 is 34.7 Å². The number of amides is 2. The molecule has 9 heteroatoms. The van der Waals surface area contributed by atoms with E-state index >= 15 is 0 Å². The van der Waals surface area contributed by atoms with Gasteiger partial charge in [0, 0.05) is 31.1 Å². The van der Waals surface area contributed by atoms with E-state index in [-0.39, 0.29) is 13.1 Å². The second kappa shape index (κ2) is 11.0. The van der Waals surface area contributed by atoms with Crippen molar-refractivity contribution in [2.24, 2.45) is 0 Å². The van der Waals surface area contributed by atoms with Crippen LogP contribution in [0.4, 0.5) is 16.2 Å². The Morgan fingerprint density at radius 2 is 1.66 bits per heavy atom. The number of piperazine rings is 1. The number of anilines is 2. The van der Waals surface area contributed by atoms with Crippen LogP contribution in [0.5, 0.6) is 0 Å². The summed E-state index contributed by atoms with van der Waals surface area (Å²) in [6.45, 7) is 3.12. The minimum atomic E-state index is -1.10. The van der Waals surface area contributed by atoms with Gasteiger partial charge in [-0.25, -0.2) is 9.59 Å². The lowest BCUT2D eigenvalue weighted by Crippen LogP contribution is -2.63. The SMILES string of the molecule is Cc1cc(CN(C)C(O)N2CCN(C(=O)N(c3ccccc3)c3ccccc3)[C@H](C(=O)O)C2)cs1. The number of aliphatic hydroxyl groups excluding tert-OH is 1. The fourth-order valence-electron chi connectivity index (χ4n) is 4.34. The smallest absolute Gasteiger partial charge is 0.329 e. The highest BCUT2D eigenvalue weighted by atomic mass is 32.1. The highest BCUT2D eigenvalue weighted by Crippen LogP contribution is 2.28. The van der Waals surface area contributed by atoms with Crippen molar-refractivity contribution in [2.45, 2.75) is 25.9 Å². The molecule has 2 N–H and O–H groups in total. The maximum atomic E-state index is 13.8. The van der Waals surface area contributed by atoms with Crippen LogP contribution < -0.4 is 4.90 Å². The summed E-state index contributed by atoms with van der Waals surface area (Å²) in [6.07, 6.45) is -0.964. The summed E-state index contributed by atoms with van der Waals surface area (Å²) in [4.78, 5) is 33.6. The predicted octanol–water partition coefficient (Wildman–Crippen LogP) is 3.79. The fourth-order valence-corrected chi connectivity index (χ4v) is 5.03. The van der Waals surface area contributed by atoms with E-state index in [0.717, 1.165) is 5.56 Å². The molecule has 2 atom stereocenters. The van der Waals surface area contributed by atoms with Crippen molar-refractivity contribution < 1.29 is 19.8 Å². The summed E-state index contributed by atoms with van der Waals surface area (Å²) < 4.78 is 0. The van der Waals surface area contributed by atoms with Gasteiger partial charge in [-0.3, -0.25) is 14.7 Å². The summed E-state index contributed by atoms with van der Waals surface area (Å²) in [5.41, 5.74) is 2.40. The molecule has 35 heavy (non-hydrogen) atoms. The van der Waals surface area contributed by atoms with E-state index in [2.05, 4.69) is 11.4 Å². The van der Waals surface area contributed by atoms with Crippen molar-refractivity contribution in [2.75, 3.05) is 31.6 Å². The number of carboxylic acid groups (broad SMARTS) is 1. The molecule has 3 aromatic rings. The Labute approximate surface area is 209 Å². The molecule has 1 aromatic heterocycles. The van der Waals surface area contributed by atoms with Crippen LogP contribution in [-0.4, -0.2) is 76.0 Å². The molecule has 0 bridgehead atoms. The lowest BCUT2D eigenvalue weighted by molar-refractivity contribution is -0.153. The molecular formula is C26H30N4O4S. The van der Waals surface area contributed by atoms with E-state index < -0.39 is 24.4 Å². The Hall–Kier alpha value is -3.24. The number of carbonyl (C=O) groups is 2. The monoisotopic (exact) mass is 494 g/mol. The first-order valence-electron chi connectivity index (χ1n) is 11.4. The van der Waals surface area contributed by atoms with Gasteiger partial charge in [0.1, 0.15) is 6.04 Å². The second-order valence-corrected chi connectivity index (χ2v) is 9.77. The molecule has 1 aliphatic heterocycles. The number of carboxylic acids is 1. The van der Waals surface area contributed by atoms with Gasteiger partial charge in [0.05, 0.1) is 11.4 Å². The topological polar surface area (TPSA) is 87.6 Å². The van der Waals surface area contributed by atoms with Crippen molar-refractivity contribution in [3.8, 4) is 0 Å². The Bertz CT molecular complexity index is 1100. The van der Waals surface area contributed by atoms with Crippen molar-refractivity contribution in [1.29, 1.82) is 0 Å². The average Bonchev–Trinajstić information content (AvgIpc) is 3.28. The molecule has 4 rings (SSSR count). The predicted molar refractivity (Wildman–Crippen MR) is 137 cm³/mol. The Morgan fingerprint density at radius 3 is 2.17 bits per heavy atom. The maximum Gasteiger partial charge on any atom is 0.329 e. The summed E-state index contributed by atoms with van der Waals surface area (Å²) >= 11 is 1.65. The minimum absolute atomic E-state index is 0.0205. The van der Waals surface area contributed by atoms with Crippen molar-refractivity contribution in [3.63, 3.8) is 0 Å². The number of aryl methyl sites for hydroxylation is 1. The Balaban J connectivity index is 1.53. The average molecular weight is 495 g/mol. The molecule has 0 radical (unpaired) electrons.